The Bertz CT molecular complexity index is 1140. The van der Waals surface area contributed by atoms with Crippen LogP contribution in [-0.2, 0) is 4.84 Å². The van der Waals surface area contributed by atoms with E-state index in [0.29, 0.717) is 31.2 Å². The SMILES string of the molecule is Cc1cnc(N2CCC(ON=C3CCC(c4cc(F)c(NC(=O)NC(C)(C)CO)cc4F)CC3)CC2)nc1. The first-order valence-corrected chi connectivity index (χ1v) is 13.1. The van der Waals surface area contributed by atoms with Crippen molar-refractivity contribution >= 4 is 23.4 Å². The van der Waals surface area contributed by atoms with Crippen LogP contribution in [0.1, 0.15) is 69.4 Å². The molecule has 1 saturated carbocycles. The smallest absolute Gasteiger partial charge is 0.319 e. The summed E-state index contributed by atoms with van der Waals surface area (Å²) in [4.78, 5) is 28.8. The largest absolute Gasteiger partial charge is 0.394 e. The predicted octanol–water partition coefficient (Wildman–Crippen LogP) is 4.65. The highest BCUT2D eigenvalue weighted by Crippen LogP contribution is 2.35. The molecule has 1 aliphatic heterocycles. The van der Waals surface area contributed by atoms with Crippen LogP contribution >= 0.6 is 0 Å². The summed E-state index contributed by atoms with van der Waals surface area (Å²) in [5.74, 6) is -0.671. The number of carbonyl (C=O) groups excluding carboxylic acids is 1. The number of anilines is 2. The van der Waals surface area contributed by atoms with E-state index in [1.165, 1.54) is 0 Å². The summed E-state index contributed by atoms with van der Waals surface area (Å²) in [5, 5.41) is 18.5. The van der Waals surface area contributed by atoms with Gasteiger partial charge in [0.05, 0.1) is 23.5 Å². The molecular formula is C27H36F2N6O3. The van der Waals surface area contributed by atoms with Crippen LogP contribution < -0.4 is 15.5 Å². The number of piperidine rings is 1. The van der Waals surface area contributed by atoms with Gasteiger partial charge in [0.25, 0.3) is 0 Å². The summed E-state index contributed by atoms with van der Waals surface area (Å²) in [5.41, 5.74) is 1.13. The molecule has 1 aromatic heterocycles. The van der Waals surface area contributed by atoms with Crippen LogP contribution in [0.15, 0.2) is 29.7 Å². The number of aliphatic hydroxyl groups excluding tert-OH is 1. The number of aliphatic hydroxyl groups is 1. The van der Waals surface area contributed by atoms with Gasteiger partial charge in [-0.2, -0.15) is 0 Å². The van der Waals surface area contributed by atoms with E-state index in [9.17, 15) is 18.7 Å². The molecule has 0 atom stereocenters. The van der Waals surface area contributed by atoms with E-state index < -0.39 is 23.2 Å². The minimum absolute atomic E-state index is 0.0358. The number of amides is 2. The van der Waals surface area contributed by atoms with Gasteiger partial charge < -0.3 is 25.5 Å². The fourth-order valence-corrected chi connectivity index (χ4v) is 4.68. The number of oxime groups is 1. The Labute approximate surface area is 221 Å². The first-order valence-electron chi connectivity index (χ1n) is 13.1. The average Bonchev–Trinajstić information content (AvgIpc) is 2.90. The van der Waals surface area contributed by atoms with Crippen molar-refractivity contribution in [1.82, 2.24) is 15.3 Å². The molecule has 3 N–H and O–H groups in total. The molecular weight excluding hydrogens is 494 g/mol. The maximum absolute atomic E-state index is 14.9. The molecule has 0 spiro atoms. The van der Waals surface area contributed by atoms with Gasteiger partial charge in [0.2, 0.25) is 5.95 Å². The highest BCUT2D eigenvalue weighted by molar-refractivity contribution is 5.90. The fraction of sp³-hybridized carbons (Fsp3) is 0.556. The zero-order valence-corrected chi connectivity index (χ0v) is 22.1. The minimum Gasteiger partial charge on any atom is -0.394 e. The second-order valence-electron chi connectivity index (χ2n) is 10.8. The number of aryl methyl sites for hydroxylation is 1. The van der Waals surface area contributed by atoms with E-state index in [-0.39, 0.29) is 24.3 Å². The van der Waals surface area contributed by atoms with Crippen LogP contribution in [0.25, 0.3) is 0 Å². The predicted molar refractivity (Wildman–Crippen MR) is 141 cm³/mol. The van der Waals surface area contributed by atoms with Crippen molar-refractivity contribution in [3.63, 3.8) is 0 Å². The first kappa shape index (κ1) is 27.7. The zero-order chi connectivity index (χ0) is 27.3. The second-order valence-corrected chi connectivity index (χ2v) is 10.8. The number of nitrogens with one attached hydrogen (secondary N) is 2. The van der Waals surface area contributed by atoms with E-state index in [0.717, 1.165) is 55.3 Å². The van der Waals surface area contributed by atoms with Crippen LogP contribution in [0, 0.1) is 18.6 Å². The quantitative estimate of drug-likeness (QED) is 0.449. The lowest BCUT2D eigenvalue weighted by Gasteiger charge is -2.31. The third kappa shape index (κ3) is 7.15. The van der Waals surface area contributed by atoms with Crippen molar-refractivity contribution < 1.29 is 23.5 Å². The number of rotatable bonds is 7. The lowest BCUT2D eigenvalue weighted by molar-refractivity contribution is 0.0406. The maximum atomic E-state index is 14.9. The zero-order valence-electron chi connectivity index (χ0n) is 22.1. The second kappa shape index (κ2) is 12.0. The molecule has 1 aromatic carbocycles. The molecule has 11 heteroatoms. The third-order valence-electron chi connectivity index (χ3n) is 7.01. The Hall–Kier alpha value is -3.34. The Morgan fingerprint density at radius 2 is 1.79 bits per heavy atom. The molecule has 0 radical (unpaired) electrons. The van der Waals surface area contributed by atoms with Crippen LogP contribution in [0.2, 0.25) is 0 Å². The van der Waals surface area contributed by atoms with Crippen LogP contribution in [0.5, 0.6) is 0 Å². The van der Waals surface area contributed by atoms with Crippen molar-refractivity contribution in [2.24, 2.45) is 5.16 Å². The molecule has 4 rings (SSSR count). The lowest BCUT2D eigenvalue weighted by atomic mass is 9.83. The Morgan fingerprint density at radius 1 is 1.13 bits per heavy atom. The molecule has 9 nitrogen and oxygen atoms in total. The molecule has 38 heavy (non-hydrogen) atoms. The van der Waals surface area contributed by atoms with Crippen molar-refractivity contribution in [3.05, 3.63) is 47.3 Å². The van der Waals surface area contributed by atoms with Crippen LogP contribution in [-0.4, -0.2) is 58.2 Å². The van der Waals surface area contributed by atoms with E-state index in [1.807, 2.05) is 19.3 Å². The van der Waals surface area contributed by atoms with Gasteiger partial charge in [-0.25, -0.2) is 23.5 Å². The van der Waals surface area contributed by atoms with E-state index in [1.54, 1.807) is 13.8 Å². The summed E-state index contributed by atoms with van der Waals surface area (Å²) in [6.45, 7) is 6.50. The molecule has 2 fully saturated rings. The highest BCUT2D eigenvalue weighted by atomic mass is 19.1. The van der Waals surface area contributed by atoms with Gasteiger partial charge in [0.15, 0.2) is 0 Å². The standard InChI is InChI=1S/C27H36F2N6O3/c1-17-14-30-25(31-15-17)35-10-8-20(9-11-35)38-34-19-6-4-18(5-7-19)21-12-23(29)24(13-22(21)28)32-26(37)33-27(2,3)16-36/h12-15,18,20,36H,4-11,16H2,1-3H3,(H2,32,33,37). The molecule has 0 bridgehead atoms. The monoisotopic (exact) mass is 530 g/mol. The van der Waals surface area contributed by atoms with Crippen molar-refractivity contribution in [1.29, 1.82) is 0 Å². The highest BCUT2D eigenvalue weighted by Gasteiger charge is 2.26. The molecule has 1 aliphatic carbocycles. The maximum Gasteiger partial charge on any atom is 0.319 e. The topological polar surface area (TPSA) is 112 Å². The third-order valence-corrected chi connectivity index (χ3v) is 7.01. The van der Waals surface area contributed by atoms with E-state index >= 15 is 0 Å². The Balaban J connectivity index is 1.26. The minimum atomic E-state index is -0.891. The van der Waals surface area contributed by atoms with E-state index in [2.05, 4.69) is 30.7 Å². The summed E-state index contributed by atoms with van der Waals surface area (Å²) >= 11 is 0. The molecule has 2 aliphatic rings. The fourth-order valence-electron chi connectivity index (χ4n) is 4.68. The summed E-state index contributed by atoms with van der Waals surface area (Å²) < 4.78 is 29.6. The van der Waals surface area contributed by atoms with Gasteiger partial charge in [-0.1, -0.05) is 5.16 Å². The molecule has 206 valence electrons. The summed E-state index contributed by atoms with van der Waals surface area (Å²) in [7, 11) is 0. The normalized spacial score (nSPS) is 18.7. The Kier molecular flexibility index (Phi) is 8.76. The number of urea groups is 1. The molecule has 2 heterocycles. The van der Waals surface area contributed by atoms with Crippen LogP contribution in [0.3, 0.4) is 0 Å². The van der Waals surface area contributed by atoms with Gasteiger partial charge in [0.1, 0.15) is 17.7 Å². The van der Waals surface area contributed by atoms with E-state index in [4.69, 9.17) is 4.84 Å². The number of benzene rings is 1. The number of aromatic nitrogens is 2. The summed E-state index contributed by atoms with van der Waals surface area (Å²) in [6, 6.07) is 1.45. The molecule has 0 unspecified atom stereocenters. The van der Waals surface area contributed by atoms with Gasteiger partial charge in [-0.05, 0) is 69.6 Å². The van der Waals surface area contributed by atoms with Gasteiger partial charge in [0, 0.05) is 44.4 Å². The Morgan fingerprint density at radius 3 is 2.42 bits per heavy atom. The number of hydrogen-bond acceptors (Lipinski definition) is 7. The van der Waals surface area contributed by atoms with Gasteiger partial charge in [-0.15, -0.1) is 0 Å². The molecule has 2 amide bonds. The van der Waals surface area contributed by atoms with Crippen molar-refractivity contribution in [2.45, 2.75) is 76.9 Å². The molecule has 2 aromatic rings. The first-order chi connectivity index (χ1) is 18.1. The number of nitrogens with zero attached hydrogens (tertiary/aromatic N) is 4. The van der Waals surface area contributed by atoms with Crippen LogP contribution in [0.4, 0.5) is 25.2 Å². The molecule has 1 saturated heterocycles. The average molecular weight is 531 g/mol. The van der Waals surface area contributed by atoms with Gasteiger partial charge in [-0.3, -0.25) is 0 Å². The summed E-state index contributed by atoms with van der Waals surface area (Å²) in [6.07, 6.45) is 7.92. The number of halogens is 2. The number of carbonyl (C=O) groups is 1. The van der Waals surface area contributed by atoms with Crippen molar-refractivity contribution in [2.75, 3.05) is 29.9 Å². The lowest BCUT2D eigenvalue weighted by Crippen LogP contribution is -2.48. The van der Waals surface area contributed by atoms with Crippen molar-refractivity contribution in [3.8, 4) is 0 Å². The number of hydrogen-bond donors (Lipinski definition) is 3. The van der Waals surface area contributed by atoms with Gasteiger partial charge >= 0.3 is 6.03 Å².